The normalized spacial score (nSPS) is 20.4. The minimum absolute atomic E-state index is 0.314. The van der Waals surface area contributed by atoms with E-state index in [0.29, 0.717) is 5.57 Å². The van der Waals surface area contributed by atoms with E-state index in [-0.39, 0.29) is 5.97 Å². The Bertz CT molecular complexity index is 807. The highest BCUT2D eigenvalue weighted by molar-refractivity contribution is 7.77. The molecule has 0 N–H and O–H groups in total. The molecular formula is C22H19O2P. The SMILES string of the molecule is COC(=O)C1=C(P(c2ccccc2)c2ccccc2)/C=C/C=C\C=C\1. The lowest BCUT2D eigenvalue weighted by molar-refractivity contribution is -0.135. The summed E-state index contributed by atoms with van der Waals surface area (Å²) in [5.41, 5.74) is 0.599. The summed E-state index contributed by atoms with van der Waals surface area (Å²) in [4.78, 5) is 12.4. The number of carbonyl (C=O) groups excluding carboxylic acids is 1. The predicted molar refractivity (Wildman–Crippen MR) is 106 cm³/mol. The minimum atomic E-state index is -0.869. The Morgan fingerprint density at radius 3 is 1.80 bits per heavy atom. The topological polar surface area (TPSA) is 26.3 Å². The summed E-state index contributed by atoms with van der Waals surface area (Å²) in [6.45, 7) is 0. The fourth-order valence-electron chi connectivity index (χ4n) is 2.66. The van der Waals surface area contributed by atoms with Gasteiger partial charge in [-0.15, -0.1) is 0 Å². The van der Waals surface area contributed by atoms with Crippen LogP contribution in [0.2, 0.25) is 0 Å². The fraction of sp³-hybridized carbons (Fsp3) is 0.0455. The summed E-state index contributed by atoms with van der Waals surface area (Å²) in [6, 6.07) is 20.6. The predicted octanol–water partition coefficient (Wildman–Crippen LogP) is 4.23. The maximum atomic E-state index is 12.4. The summed E-state index contributed by atoms with van der Waals surface area (Å²) in [6.07, 6.45) is 11.6. The number of rotatable bonds is 4. The number of benzene rings is 2. The van der Waals surface area contributed by atoms with Crippen molar-refractivity contribution in [1.29, 1.82) is 0 Å². The van der Waals surface area contributed by atoms with Crippen LogP contribution in [0.3, 0.4) is 0 Å². The molecule has 3 heteroatoms. The van der Waals surface area contributed by atoms with Crippen molar-refractivity contribution in [2.24, 2.45) is 0 Å². The second-order valence-corrected chi connectivity index (χ2v) is 7.59. The molecule has 0 amide bonds. The highest BCUT2D eigenvalue weighted by Crippen LogP contribution is 2.46. The van der Waals surface area contributed by atoms with E-state index in [2.05, 4.69) is 24.3 Å². The number of carbonyl (C=O) groups is 1. The quantitative estimate of drug-likeness (QED) is 0.612. The Morgan fingerprint density at radius 1 is 0.760 bits per heavy atom. The molecule has 2 nitrogen and oxygen atoms in total. The molecule has 0 radical (unpaired) electrons. The van der Waals surface area contributed by atoms with Crippen molar-refractivity contribution >= 4 is 24.5 Å². The fourth-order valence-corrected chi connectivity index (χ4v) is 5.10. The number of esters is 1. The third-order valence-electron chi connectivity index (χ3n) is 3.80. The lowest BCUT2D eigenvalue weighted by atomic mass is 10.2. The Hall–Kier alpha value is -2.70. The molecule has 0 bridgehead atoms. The van der Waals surface area contributed by atoms with Crippen molar-refractivity contribution in [3.05, 3.63) is 108 Å². The maximum absolute atomic E-state index is 12.4. The van der Waals surface area contributed by atoms with Crippen LogP contribution in [0.4, 0.5) is 0 Å². The van der Waals surface area contributed by atoms with E-state index in [1.165, 1.54) is 17.7 Å². The molecule has 0 saturated carbocycles. The van der Waals surface area contributed by atoms with E-state index < -0.39 is 7.92 Å². The van der Waals surface area contributed by atoms with Crippen LogP contribution in [0, 0.1) is 0 Å². The van der Waals surface area contributed by atoms with Gasteiger partial charge in [-0.3, -0.25) is 0 Å². The number of methoxy groups -OCH3 is 1. The van der Waals surface area contributed by atoms with Crippen LogP contribution in [0.1, 0.15) is 0 Å². The van der Waals surface area contributed by atoms with Gasteiger partial charge in [-0.25, -0.2) is 4.79 Å². The second kappa shape index (κ2) is 8.41. The monoisotopic (exact) mass is 346 g/mol. The van der Waals surface area contributed by atoms with Crippen molar-refractivity contribution in [2.75, 3.05) is 7.11 Å². The van der Waals surface area contributed by atoms with Gasteiger partial charge in [0.1, 0.15) is 0 Å². The molecule has 1 aliphatic rings. The summed E-state index contributed by atoms with van der Waals surface area (Å²) >= 11 is 0. The summed E-state index contributed by atoms with van der Waals surface area (Å²) < 4.78 is 5.04. The van der Waals surface area contributed by atoms with Gasteiger partial charge < -0.3 is 4.74 Å². The summed E-state index contributed by atoms with van der Waals surface area (Å²) in [5, 5.41) is 3.38. The standard InChI is InChI=1S/C22H19O2P/c1-24-22(23)20-16-10-2-3-11-17-21(20)25(18-12-6-4-7-13-18)19-14-8-5-9-15-19/h2-17H,1H3/b3-2-,10-2?,11-3?,16-10+,17-11+,20-16?,21-17?,21-20-. The Morgan fingerprint density at radius 2 is 1.28 bits per heavy atom. The van der Waals surface area contributed by atoms with Crippen molar-refractivity contribution in [2.45, 2.75) is 0 Å². The van der Waals surface area contributed by atoms with Crippen LogP contribution >= 0.6 is 7.92 Å². The molecule has 124 valence electrons. The van der Waals surface area contributed by atoms with Crippen molar-refractivity contribution in [1.82, 2.24) is 0 Å². The van der Waals surface area contributed by atoms with Crippen molar-refractivity contribution in [3.8, 4) is 0 Å². The molecule has 0 aromatic heterocycles. The van der Waals surface area contributed by atoms with Crippen LogP contribution in [-0.2, 0) is 9.53 Å². The lowest BCUT2D eigenvalue weighted by Gasteiger charge is -2.22. The third-order valence-corrected chi connectivity index (χ3v) is 6.30. The zero-order valence-electron chi connectivity index (χ0n) is 14.0. The Kier molecular flexibility index (Phi) is 5.77. The number of hydrogen-bond acceptors (Lipinski definition) is 2. The molecule has 1 aliphatic carbocycles. The first-order chi connectivity index (χ1) is 12.3. The molecule has 0 heterocycles. The molecule has 25 heavy (non-hydrogen) atoms. The average molecular weight is 346 g/mol. The van der Waals surface area contributed by atoms with E-state index in [9.17, 15) is 4.79 Å². The van der Waals surface area contributed by atoms with E-state index in [1.54, 1.807) is 0 Å². The first-order valence-corrected chi connectivity index (χ1v) is 9.39. The molecule has 3 rings (SSSR count). The van der Waals surface area contributed by atoms with Gasteiger partial charge in [0.2, 0.25) is 0 Å². The highest BCUT2D eigenvalue weighted by Gasteiger charge is 2.23. The van der Waals surface area contributed by atoms with Gasteiger partial charge in [0, 0.05) is 0 Å². The molecule has 2 aromatic carbocycles. The maximum Gasteiger partial charge on any atom is 0.338 e. The van der Waals surface area contributed by atoms with Crippen LogP contribution in [0.5, 0.6) is 0 Å². The molecule has 0 saturated heterocycles. The van der Waals surface area contributed by atoms with E-state index in [0.717, 1.165) is 5.31 Å². The number of hydrogen-bond donors (Lipinski definition) is 0. The molecule has 0 aliphatic heterocycles. The smallest absolute Gasteiger partial charge is 0.338 e. The first-order valence-electron chi connectivity index (χ1n) is 8.05. The van der Waals surface area contributed by atoms with Gasteiger partial charge >= 0.3 is 5.97 Å². The van der Waals surface area contributed by atoms with E-state index in [4.69, 9.17) is 4.74 Å². The Labute approximate surface area is 149 Å². The van der Waals surface area contributed by atoms with Gasteiger partial charge in [-0.05, 0) is 29.9 Å². The zero-order chi connectivity index (χ0) is 17.5. The van der Waals surface area contributed by atoms with Crippen LogP contribution in [0.25, 0.3) is 0 Å². The van der Waals surface area contributed by atoms with Crippen molar-refractivity contribution in [3.63, 3.8) is 0 Å². The number of allylic oxidation sites excluding steroid dienone is 6. The molecule has 0 unspecified atom stereocenters. The molecule has 0 spiro atoms. The Balaban J connectivity index is 2.24. The van der Waals surface area contributed by atoms with E-state index >= 15 is 0 Å². The van der Waals surface area contributed by atoms with Gasteiger partial charge in [-0.2, -0.15) is 0 Å². The van der Waals surface area contributed by atoms with Crippen LogP contribution < -0.4 is 10.6 Å². The van der Waals surface area contributed by atoms with Gasteiger partial charge in [0.05, 0.1) is 12.7 Å². The second-order valence-electron chi connectivity index (χ2n) is 5.40. The molecular weight excluding hydrogens is 327 g/mol. The van der Waals surface area contributed by atoms with Crippen LogP contribution in [-0.4, -0.2) is 13.1 Å². The van der Waals surface area contributed by atoms with Gasteiger partial charge in [-0.1, -0.05) is 91.0 Å². The van der Waals surface area contributed by atoms with E-state index in [1.807, 2.05) is 72.9 Å². The van der Waals surface area contributed by atoms with Crippen LogP contribution in [0.15, 0.2) is 108 Å². The minimum Gasteiger partial charge on any atom is -0.465 e. The molecule has 0 atom stereocenters. The lowest BCUT2D eigenvalue weighted by Crippen LogP contribution is -2.15. The average Bonchev–Trinajstić information content (AvgIpc) is 2.65. The number of ether oxygens (including phenoxy) is 1. The summed E-state index contributed by atoms with van der Waals surface area (Å²) in [5.74, 6) is -0.314. The molecule has 0 fully saturated rings. The van der Waals surface area contributed by atoms with Gasteiger partial charge in [0.15, 0.2) is 0 Å². The zero-order valence-corrected chi connectivity index (χ0v) is 14.9. The largest absolute Gasteiger partial charge is 0.465 e. The van der Waals surface area contributed by atoms with Gasteiger partial charge in [0.25, 0.3) is 0 Å². The summed E-state index contributed by atoms with van der Waals surface area (Å²) in [7, 11) is 0.554. The van der Waals surface area contributed by atoms with Crippen molar-refractivity contribution < 1.29 is 9.53 Å². The molecule has 2 aromatic rings. The third kappa shape index (κ3) is 4.04. The highest BCUT2D eigenvalue weighted by atomic mass is 31.1. The first kappa shape index (κ1) is 17.1.